The van der Waals surface area contributed by atoms with E-state index in [1.54, 1.807) is 18.2 Å². The molecule has 41 heavy (non-hydrogen) atoms. The number of alkyl halides is 6. The van der Waals surface area contributed by atoms with Crippen molar-refractivity contribution < 1.29 is 44.3 Å². The zero-order valence-corrected chi connectivity index (χ0v) is 22.2. The van der Waals surface area contributed by atoms with Crippen LogP contribution in [0.15, 0.2) is 84.3 Å². The van der Waals surface area contributed by atoms with Gasteiger partial charge in [0.2, 0.25) is 0 Å². The number of hydrogen-bond acceptors (Lipinski definition) is 3. The summed E-state index contributed by atoms with van der Waals surface area (Å²) in [6.45, 7) is 3.57. The van der Waals surface area contributed by atoms with Crippen LogP contribution >= 0.6 is 11.8 Å². The molecule has 2 nitrogen and oxygen atoms in total. The fraction of sp³-hybridized carbons (Fsp3) is 0.310. The van der Waals surface area contributed by atoms with Crippen LogP contribution in [0, 0.1) is 17.5 Å². The van der Waals surface area contributed by atoms with E-state index in [0.717, 1.165) is 6.07 Å². The predicted molar refractivity (Wildman–Crippen MR) is 137 cm³/mol. The average molecular weight is 606 g/mol. The van der Waals surface area contributed by atoms with Crippen LogP contribution in [0.2, 0.25) is 0 Å². The number of thioether (sulfide) groups is 1. The summed E-state index contributed by atoms with van der Waals surface area (Å²) in [5.74, 6) is -3.15. The predicted octanol–water partition coefficient (Wildman–Crippen LogP) is 8.52. The van der Waals surface area contributed by atoms with Crippen LogP contribution in [0.25, 0.3) is 0 Å². The van der Waals surface area contributed by atoms with Crippen LogP contribution in [-0.2, 0) is 21.7 Å². The molecule has 1 heterocycles. The van der Waals surface area contributed by atoms with Gasteiger partial charge in [0.15, 0.2) is 0 Å². The maximum Gasteiger partial charge on any atom is 0.430 e. The number of likely N-dealkylation sites (tertiary alicyclic amines) is 1. The molecule has 4 rings (SSSR count). The zero-order valence-electron chi connectivity index (χ0n) is 21.3. The van der Waals surface area contributed by atoms with E-state index in [1.165, 1.54) is 36.0 Å². The lowest BCUT2D eigenvalue weighted by Crippen LogP contribution is -2.56. The van der Waals surface area contributed by atoms with Gasteiger partial charge in [0.25, 0.3) is 5.60 Å². The van der Waals surface area contributed by atoms with Crippen molar-refractivity contribution in [3.05, 3.63) is 114 Å². The van der Waals surface area contributed by atoms with Gasteiger partial charge in [-0.2, -0.15) is 26.3 Å². The fourth-order valence-corrected chi connectivity index (χ4v) is 6.31. The smallest absolute Gasteiger partial charge is 0.349 e. The minimum absolute atomic E-state index is 0.396. The molecule has 3 aromatic carbocycles. The molecule has 3 aromatic rings. The number of rotatable bonds is 9. The van der Waals surface area contributed by atoms with E-state index < -0.39 is 57.9 Å². The van der Waals surface area contributed by atoms with Crippen molar-refractivity contribution in [1.29, 1.82) is 0 Å². The summed E-state index contributed by atoms with van der Waals surface area (Å²) in [6, 6.07) is 11.6. The van der Waals surface area contributed by atoms with Gasteiger partial charge in [-0.1, -0.05) is 36.4 Å². The van der Waals surface area contributed by atoms with E-state index in [1.807, 2.05) is 4.90 Å². The molecule has 0 N–H and O–H groups in total. The summed E-state index contributed by atoms with van der Waals surface area (Å²) >= 11 is 1.32. The summed E-state index contributed by atoms with van der Waals surface area (Å²) in [7, 11) is 0. The highest BCUT2D eigenvalue weighted by atomic mass is 32.2. The summed E-state index contributed by atoms with van der Waals surface area (Å²) in [5, 5.41) is 0. The lowest BCUT2D eigenvalue weighted by atomic mass is 9.88. The van der Waals surface area contributed by atoms with Crippen molar-refractivity contribution >= 4 is 11.8 Å². The van der Waals surface area contributed by atoms with E-state index in [-0.39, 0.29) is 0 Å². The molecule has 1 fully saturated rings. The maximum atomic E-state index is 14.3. The van der Waals surface area contributed by atoms with Crippen molar-refractivity contribution in [2.75, 3.05) is 19.6 Å². The Kier molecular flexibility index (Phi) is 8.87. The van der Waals surface area contributed by atoms with Crippen LogP contribution in [0.5, 0.6) is 0 Å². The fourth-order valence-electron chi connectivity index (χ4n) is 4.90. The first-order chi connectivity index (χ1) is 19.2. The number of halogens is 9. The third-order valence-corrected chi connectivity index (χ3v) is 8.40. The van der Waals surface area contributed by atoms with E-state index in [4.69, 9.17) is 0 Å². The highest BCUT2D eigenvalue weighted by molar-refractivity contribution is 8.00. The molecule has 1 aliphatic rings. The van der Waals surface area contributed by atoms with Crippen LogP contribution in [-0.4, -0.2) is 36.9 Å². The maximum absolute atomic E-state index is 14.3. The van der Waals surface area contributed by atoms with Gasteiger partial charge >= 0.3 is 12.4 Å². The van der Waals surface area contributed by atoms with Gasteiger partial charge in [-0.3, -0.25) is 4.90 Å². The van der Waals surface area contributed by atoms with Crippen molar-refractivity contribution in [2.24, 2.45) is 0 Å². The van der Waals surface area contributed by atoms with Gasteiger partial charge in [0.05, 0.1) is 11.4 Å². The first-order valence-electron chi connectivity index (χ1n) is 12.3. The molecule has 0 spiro atoms. The summed E-state index contributed by atoms with van der Waals surface area (Å²) in [5.41, 5.74) is -6.78. The molecule has 0 saturated carbocycles. The Morgan fingerprint density at radius 1 is 0.854 bits per heavy atom. The quantitative estimate of drug-likeness (QED) is 0.179. The molecular formula is C29H24F9NOS. The van der Waals surface area contributed by atoms with Gasteiger partial charge in [0.1, 0.15) is 17.5 Å². The van der Waals surface area contributed by atoms with Gasteiger partial charge in [-0.05, 0) is 48.4 Å². The molecule has 220 valence electrons. The first-order valence-corrected chi connectivity index (χ1v) is 13.1. The second-order valence-electron chi connectivity index (χ2n) is 9.57. The van der Waals surface area contributed by atoms with Gasteiger partial charge in [-0.15, -0.1) is 18.3 Å². The molecule has 0 amide bonds. The Hall–Kier alpha value is -2.96. The molecule has 1 atom stereocenters. The molecule has 1 aliphatic heterocycles. The van der Waals surface area contributed by atoms with Crippen LogP contribution < -0.4 is 0 Å². The highest BCUT2D eigenvalue weighted by Crippen LogP contribution is 2.54. The summed E-state index contributed by atoms with van der Waals surface area (Å²) < 4.78 is 131. The van der Waals surface area contributed by atoms with Crippen LogP contribution in [0.4, 0.5) is 39.5 Å². The number of benzene rings is 3. The normalized spacial score (nSPS) is 18.6. The highest BCUT2D eigenvalue weighted by Gasteiger charge is 2.73. The molecule has 0 bridgehead atoms. The minimum atomic E-state index is -6.04. The third kappa shape index (κ3) is 6.14. The zero-order chi connectivity index (χ0) is 30.1. The molecule has 1 saturated heterocycles. The Morgan fingerprint density at radius 3 is 1.98 bits per heavy atom. The van der Waals surface area contributed by atoms with E-state index in [9.17, 15) is 39.5 Å². The Balaban J connectivity index is 1.76. The number of hydrogen-bond donors (Lipinski definition) is 0. The average Bonchev–Trinajstić information content (AvgIpc) is 3.30. The summed E-state index contributed by atoms with van der Waals surface area (Å²) in [4.78, 5) is 2.69. The lowest BCUT2D eigenvalue weighted by molar-refractivity contribution is -0.392. The van der Waals surface area contributed by atoms with E-state index >= 15 is 0 Å². The standard InChI is InChI=1S/C29H24F9NOS/c1-2-15-39-16-14-26(18-39,41-22-12-10-21(30)11-13-22)19-6-8-20(9-7-19)27(28(33,34)35,29(36,37)38)40-17-23-24(31)4-3-5-25(23)32/h2-13H,1,14-18H2. The third-order valence-electron chi connectivity index (χ3n) is 6.94. The van der Waals surface area contributed by atoms with E-state index in [0.29, 0.717) is 60.8 Å². The number of nitrogens with zero attached hydrogens (tertiary/aromatic N) is 1. The van der Waals surface area contributed by atoms with Gasteiger partial charge < -0.3 is 4.74 Å². The number of ether oxygens (including phenoxy) is 1. The second kappa shape index (κ2) is 11.7. The lowest BCUT2D eigenvalue weighted by Gasteiger charge is -2.38. The van der Waals surface area contributed by atoms with Crippen molar-refractivity contribution in [2.45, 2.75) is 40.6 Å². The molecule has 0 radical (unpaired) electrons. The van der Waals surface area contributed by atoms with Gasteiger partial charge in [0, 0.05) is 35.7 Å². The minimum Gasteiger partial charge on any atom is -0.349 e. The van der Waals surface area contributed by atoms with E-state index in [2.05, 4.69) is 11.3 Å². The second-order valence-corrected chi connectivity index (χ2v) is 11.0. The van der Waals surface area contributed by atoms with Crippen LogP contribution in [0.3, 0.4) is 0 Å². The monoisotopic (exact) mass is 605 g/mol. The molecule has 0 aromatic heterocycles. The van der Waals surface area contributed by atoms with Gasteiger partial charge in [-0.25, -0.2) is 13.2 Å². The Morgan fingerprint density at radius 2 is 1.44 bits per heavy atom. The van der Waals surface area contributed by atoms with Crippen LogP contribution in [0.1, 0.15) is 23.1 Å². The van der Waals surface area contributed by atoms with Crippen molar-refractivity contribution in [3.8, 4) is 0 Å². The summed E-state index contributed by atoms with van der Waals surface area (Å²) in [6.07, 6.45) is -9.90. The first kappa shape index (κ1) is 31.0. The SMILES string of the molecule is C=CCN1CCC(Sc2ccc(F)cc2)(c2ccc(C(OCc3c(F)cccc3F)(C(F)(F)F)C(F)(F)F)cc2)C1. The van der Waals surface area contributed by atoms with Crippen molar-refractivity contribution in [1.82, 2.24) is 4.90 Å². The Bertz CT molecular complexity index is 1320. The molecule has 0 aliphatic carbocycles. The molecule has 1 unspecified atom stereocenters. The van der Waals surface area contributed by atoms with Crippen molar-refractivity contribution in [3.63, 3.8) is 0 Å². The topological polar surface area (TPSA) is 12.5 Å². The molecule has 12 heteroatoms. The Labute approximate surface area is 234 Å². The largest absolute Gasteiger partial charge is 0.430 e. The molecular weight excluding hydrogens is 581 g/mol.